The summed E-state index contributed by atoms with van der Waals surface area (Å²) in [5.41, 5.74) is 20.2. The quantitative estimate of drug-likeness (QED) is 0.0905. The highest BCUT2D eigenvalue weighted by Gasteiger charge is 2.45. The van der Waals surface area contributed by atoms with E-state index in [9.17, 15) is 0 Å². The summed E-state index contributed by atoms with van der Waals surface area (Å²) in [7, 11) is 0. The van der Waals surface area contributed by atoms with Crippen LogP contribution in [0.4, 0.5) is 17.1 Å². The lowest BCUT2D eigenvalue weighted by atomic mass is 9.67. The zero-order valence-electron chi connectivity index (χ0n) is 43.4. The zero-order valence-corrected chi connectivity index (χ0v) is 43.4. The van der Waals surface area contributed by atoms with E-state index in [2.05, 4.69) is 267 Å². The fraction of sp³-hybridized carbons (Fsp3) is 0.123. The molecule has 10 aromatic carbocycles. The van der Waals surface area contributed by atoms with Crippen LogP contribution in [0, 0.1) is 11.8 Å². The topological polar surface area (TPSA) is 17.4 Å². The molecule has 0 aliphatic heterocycles. The molecule has 0 bridgehead atoms. The Hall–Kier alpha value is -8.92. The number of anilines is 3. The summed E-state index contributed by atoms with van der Waals surface area (Å²) in [5.74, 6) is 1.76. The molecule has 76 heavy (non-hydrogen) atoms. The van der Waals surface area contributed by atoms with Crippen LogP contribution in [-0.4, -0.2) is 11.2 Å². The molecular formula is C73H62N2O. The van der Waals surface area contributed by atoms with Crippen LogP contribution >= 0.6 is 0 Å². The maximum absolute atomic E-state index is 6.28. The predicted octanol–water partition coefficient (Wildman–Crippen LogP) is 19.7. The molecule has 1 heterocycles. The molecule has 0 fully saturated rings. The van der Waals surface area contributed by atoms with Crippen molar-refractivity contribution in [3.63, 3.8) is 0 Å². The van der Waals surface area contributed by atoms with E-state index in [1.807, 2.05) is 24.3 Å². The van der Waals surface area contributed by atoms with Crippen LogP contribution in [0.3, 0.4) is 0 Å². The van der Waals surface area contributed by atoms with Crippen LogP contribution in [0.2, 0.25) is 0 Å². The lowest BCUT2D eigenvalue weighted by Crippen LogP contribution is -2.30. The fourth-order valence-electron chi connectivity index (χ4n) is 12.0. The SMILES string of the molecule is C=Cc1ccc(OCC(C)CCC(C)CC2(c3ccccc3)c3ccccc3-c3ccc(N(c4ccccc4)c4ccc(-c5ccc6c(c5)c5cc(-c7ccc(C=C)cc7)ccc5n6-c5ccccc5)cc4)cc32)cc1. The van der Waals surface area contributed by atoms with Gasteiger partial charge in [0.1, 0.15) is 5.75 Å². The second kappa shape index (κ2) is 20.8. The van der Waals surface area contributed by atoms with E-state index < -0.39 is 0 Å². The van der Waals surface area contributed by atoms with Gasteiger partial charge in [-0.15, -0.1) is 0 Å². The lowest BCUT2D eigenvalue weighted by molar-refractivity contribution is 0.240. The average molecular weight is 983 g/mol. The van der Waals surface area contributed by atoms with E-state index in [1.165, 1.54) is 71.9 Å². The van der Waals surface area contributed by atoms with Crippen LogP contribution in [-0.2, 0) is 5.41 Å². The number of benzene rings is 10. The largest absolute Gasteiger partial charge is 0.493 e. The van der Waals surface area contributed by atoms with Gasteiger partial charge in [-0.25, -0.2) is 0 Å². The number of ether oxygens (including phenoxy) is 1. The molecule has 1 aromatic heterocycles. The molecule has 0 spiro atoms. The van der Waals surface area contributed by atoms with Crippen LogP contribution in [0.25, 0.3) is 73.0 Å². The maximum Gasteiger partial charge on any atom is 0.119 e. The first-order chi connectivity index (χ1) is 37.4. The molecule has 1 aliphatic carbocycles. The van der Waals surface area contributed by atoms with Gasteiger partial charge >= 0.3 is 0 Å². The minimum absolute atomic E-state index is 0.347. The summed E-state index contributed by atoms with van der Waals surface area (Å²) < 4.78 is 8.67. The van der Waals surface area contributed by atoms with E-state index in [1.54, 1.807) is 0 Å². The normalized spacial score (nSPS) is 14.4. The standard InChI is InChI=1S/C73H62N2O/c1-5-53-28-32-55(33-29-53)57-36-44-71-67(46-57)68-47-58(37-45-72(68)75(71)61-22-14-9-15-23-61)56-34-38-62(39-35-56)74(60-20-12-8-13-21-60)63-40-43-66-65-24-16-17-25-69(65)73(70(66)48-63,59-18-10-7-11-19-59)49-51(3)26-27-52(4)50-76-64-41-30-54(6-2)31-42-64/h5-25,28-48,51-52H,1-2,26-27,49-50H2,3-4H3. The highest BCUT2D eigenvalue weighted by atomic mass is 16.5. The minimum Gasteiger partial charge on any atom is -0.493 e. The number of hydrogen-bond donors (Lipinski definition) is 0. The van der Waals surface area contributed by atoms with Crippen molar-refractivity contribution in [2.24, 2.45) is 11.8 Å². The number of rotatable bonds is 17. The van der Waals surface area contributed by atoms with Crippen LogP contribution in [0.1, 0.15) is 60.9 Å². The van der Waals surface area contributed by atoms with E-state index in [0.717, 1.165) is 58.9 Å². The molecule has 1 aliphatic rings. The molecule has 0 radical (unpaired) electrons. The second-order valence-corrected chi connectivity index (χ2v) is 20.8. The van der Waals surface area contributed by atoms with Gasteiger partial charge in [0.15, 0.2) is 0 Å². The molecular weight excluding hydrogens is 921 g/mol. The molecule has 3 heteroatoms. The van der Waals surface area contributed by atoms with Crippen molar-refractivity contribution in [3.05, 3.63) is 284 Å². The Labute approximate surface area is 448 Å². The predicted molar refractivity (Wildman–Crippen MR) is 322 cm³/mol. The third-order valence-electron chi connectivity index (χ3n) is 15.9. The fourth-order valence-corrected chi connectivity index (χ4v) is 12.0. The Morgan fingerprint density at radius 1 is 0.461 bits per heavy atom. The number of nitrogens with zero attached hydrogens (tertiary/aromatic N) is 2. The zero-order chi connectivity index (χ0) is 51.6. The molecule has 11 aromatic rings. The second-order valence-electron chi connectivity index (χ2n) is 20.8. The van der Waals surface area contributed by atoms with Gasteiger partial charge in [0.05, 0.1) is 17.6 Å². The molecule has 0 amide bonds. The number of fused-ring (bicyclic) bond motifs is 6. The number of para-hydroxylation sites is 2. The molecule has 12 rings (SSSR count). The summed E-state index contributed by atoms with van der Waals surface area (Å²) in [4.78, 5) is 2.43. The van der Waals surface area contributed by atoms with Crippen molar-refractivity contribution in [3.8, 4) is 44.8 Å². The van der Waals surface area contributed by atoms with Crippen molar-refractivity contribution in [2.75, 3.05) is 11.5 Å². The Morgan fingerprint density at radius 3 is 1.59 bits per heavy atom. The lowest BCUT2D eigenvalue weighted by Gasteiger charge is -2.36. The summed E-state index contributed by atoms with van der Waals surface area (Å²) >= 11 is 0. The first-order valence-electron chi connectivity index (χ1n) is 26.9. The van der Waals surface area contributed by atoms with Gasteiger partial charge in [-0.3, -0.25) is 0 Å². The molecule has 0 saturated heterocycles. The molecule has 0 saturated carbocycles. The van der Waals surface area contributed by atoms with Crippen LogP contribution in [0.5, 0.6) is 5.75 Å². The van der Waals surface area contributed by atoms with Gasteiger partial charge in [-0.1, -0.05) is 203 Å². The summed E-state index contributed by atoms with van der Waals surface area (Å²) in [6, 6.07) is 89.0. The van der Waals surface area contributed by atoms with E-state index in [-0.39, 0.29) is 5.41 Å². The van der Waals surface area contributed by atoms with Gasteiger partial charge in [0.25, 0.3) is 0 Å². The van der Waals surface area contributed by atoms with Gasteiger partial charge in [-0.2, -0.15) is 0 Å². The van der Waals surface area contributed by atoms with Gasteiger partial charge in [0, 0.05) is 38.9 Å². The first kappa shape index (κ1) is 48.0. The van der Waals surface area contributed by atoms with E-state index in [4.69, 9.17) is 4.74 Å². The molecule has 0 N–H and O–H groups in total. The number of aromatic nitrogens is 1. The van der Waals surface area contributed by atoms with Crippen molar-refractivity contribution < 1.29 is 4.74 Å². The maximum atomic E-state index is 6.28. The van der Waals surface area contributed by atoms with Gasteiger partial charge in [0.2, 0.25) is 0 Å². The monoisotopic (exact) mass is 982 g/mol. The summed E-state index contributed by atoms with van der Waals surface area (Å²) in [6.45, 7) is 13.3. The molecule has 370 valence electrons. The molecule has 3 unspecified atom stereocenters. The van der Waals surface area contributed by atoms with E-state index in [0.29, 0.717) is 18.4 Å². The Kier molecular flexibility index (Phi) is 13.1. The summed E-state index contributed by atoms with van der Waals surface area (Å²) in [6.07, 6.45) is 6.93. The van der Waals surface area contributed by atoms with Crippen LogP contribution < -0.4 is 9.64 Å². The summed E-state index contributed by atoms with van der Waals surface area (Å²) in [5, 5.41) is 2.45. The molecule has 3 atom stereocenters. The third kappa shape index (κ3) is 9.02. The Balaban J connectivity index is 0.900. The smallest absolute Gasteiger partial charge is 0.119 e. The highest BCUT2D eigenvalue weighted by Crippen LogP contribution is 2.57. The van der Waals surface area contributed by atoms with Gasteiger partial charge < -0.3 is 14.2 Å². The van der Waals surface area contributed by atoms with Crippen molar-refractivity contribution in [1.82, 2.24) is 4.57 Å². The van der Waals surface area contributed by atoms with Crippen LogP contribution in [0.15, 0.2) is 256 Å². The number of hydrogen-bond acceptors (Lipinski definition) is 2. The van der Waals surface area contributed by atoms with Crippen molar-refractivity contribution >= 4 is 51.0 Å². The first-order valence-corrected chi connectivity index (χ1v) is 26.9. The van der Waals surface area contributed by atoms with Crippen molar-refractivity contribution in [2.45, 2.75) is 38.5 Å². The highest BCUT2D eigenvalue weighted by molar-refractivity contribution is 6.11. The average Bonchev–Trinajstić information content (AvgIpc) is 4.13. The van der Waals surface area contributed by atoms with E-state index >= 15 is 0 Å². The third-order valence-corrected chi connectivity index (χ3v) is 15.9. The van der Waals surface area contributed by atoms with Gasteiger partial charge in [-0.05, 0) is 171 Å². The van der Waals surface area contributed by atoms with Crippen molar-refractivity contribution in [1.29, 1.82) is 0 Å². The Morgan fingerprint density at radius 2 is 0.961 bits per heavy atom. The molecule has 3 nitrogen and oxygen atoms in total. The minimum atomic E-state index is -0.347. The Bertz CT molecular complexity index is 3840.